The summed E-state index contributed by atoms with van der Waals surface area (Å²) in [5.41, 5.74) is 0. The predicted octanol–water partition coefficient (Wildman–Crippen LogP) is 4.33. The van der Waals surface area contributed by atoms with Gasteiger partial charge in [-0.1, -0.05) is 54.3 Å². The molecule has 3 heterocycles. The number of hydrogen-bond donors (Lipinski definition) is 1. The number of nitrogens with zero attached hydrogens (tertiary/aromatic N) is 2. The smallest absolute Gasteiger partial charge is 0.310 e. The Morgan fingerprint density at radius 3 is 2.68 bits per heavy atom. The monoisotopic (exact) mass is 598 g/mol. The number of rotatable bonds is 16. The summed E-state index contributed by atoms with van der Waals surface area (Å²) >= 11 is 5.45. The summed E-state index contributed by atoms with van der Waals surface area (Å²) in [7, 11) is 0. The second kappa shape index (κ2) is 13.7. The molecule has 2 bridgehead atoms. The quantitative estimate of drug-likeness (QED) is 0.123. The van der Waals surface area contributed by atoms with E-state index in [9.17, 15) is 14.4 Å². The van der Waals surface area contributed by atoms with E-state index >= 15 is 0 Å². The highest BCUT2D eigenvalue weighted by Gasteiger charge is 2.76. The standard InChI is InChI=1S/C28H43BrN2O5S/c1-5-8-17-36-27(35)21-22-25(33)31(15-11-9-10-12-16-32)24(28(22)18-20(29)23(21)37-28)26(34)30(14-7-3)19(4)13-6-2/h5,7,19-24,32H,1,3,6,8-18H2,2,4H3/t19?,20?,21-,22-,23-,24?,28?/m0/s1. The van der Waals surface area contributed by atoms with E-state index in [0.717, 1.165) is 38.5 Å². The van der Waals surface area contributed by atoms with Crippen LogP contribution < -0.4 is 0 Å². The number of likely N-dealkylation sites (tertiary alicyclic amines) is 1. The van der Waals surface area contributed by atoms with Gasteiger partial charge in [0.1, 0.15) is 6.04 Å². The topological polar surface area (TPSA) is 87.1 Å². The number of fused-ring (bicyclic) bond motifs is 1. The molecule has 9 heteroatoms. The number of amides is 2. The van der Waals surface area contributed by atoms with Crippen molar-refractivity contribution < 1.29 is 24.2 Å². The average Bonchev–Trinajstić information content (AvgIpc) is 3.45. The van der Waals surface area contributed by atoms with E-state index in [1.807, 2.05) is 4.90 Å². The fourth-order valence-corrected chi connectivity index (χ4v) is 9.96. The first-order chi connectivity index (χ1) is 17.8. The third-order valence-corrected chi connectivity index (χ3v) is 11.2. The zero-order valence-corrected chi connectivity index (χ0v) is 24.7. The van der Waals surface area contributed by atoms with Crippen molar-refractivity contribution in [3.05, 3.63) is 25.3 Å². The third kappa shape index (κ3) is 5.98. The summed E-state index contributed by atoms with van der Waals surface area (Å²) in [5, 5.41) is 9.02. The van der Waals surface area contributed by atoms with Crippen molar-refractivity contribution in [2.45, 2.75) is 92.1 Å². The maximum atomic E-state index is 14.4. The van der Waals surface area contributed by atoms with Crippen LogP contribution in [0.2, 0.25) is 0 Å². The number of carbonyl (C=O) groups excluding carboxylic acids is 3. The molecule has 208 valence electrons. The van der Waals surface area contributed by atoms with Crippen LogP contribution in [0.15, 0.2) is 25.3 Å². The minimum Gasteiger partial charge on any atom is -0.465 e. The highest BCUT2D eigenvalue weighted by Crippen LogP contribution is 2.68. The number of aliphatic hydroxyl groups excluding tert-OH is 1. The number of esters is 1. The van der Waals surface area contributed by atoms with E-state index < -0.39 is 22.6 Å². The summed E-state index contributed by atoms with van der Waals surface area (Å²) in [6.07, 6.45) is 9.73. The van der Waals surface area contributed by atoms with Gasteiger partial charge in [-0.3, -0.25) is 14.4 Å². The summed E-state index contributed by atoms with van der Waals surface area (Å²) in [6, 6.07) is -0.599. The van der Waals surface area contributed by atoms with Gasteiger partial charge < -0.3 is 19.6 Å². The molecule has 1 spiro atoms. The van der Waals surface area contributed by atoms with Gasteiger partial charge in [-0.25, -0.2) is 0 Å². The molecule has 0 aromatic rings. The Kier molecular flexibility index (Phi) is 11.2. The maximum absolute atomic E-state index is 14.4. The van der Waals surface area contributed by atoms with Gasteiger partial charge in [-0.05, 0) is 39.0 Å². The number of unbranched alkanes of at least 4 members (excludes halogenated alkanes) is 3. The van der Waals surface area contributed by atoms with Gasteiger partial charge in [-0.15, -0.1) is 24.9 Å². The average molecular weight is 600 g/mol. The normalized spacial score (nSPS) is 30.8. The van der Waals surface area contributed by atoms with Gasteiger partial charge in [0.05, 0.1) is 23.2 Å². The first kappa shape index (κ1) is 30.2. The van der Waals surface area contributed by atoms with Gasteiger partial charge >= 0.3 is 5.97 Å². The third-order valence-electron chi connectivity index (χ3n) is 8.02. The van der Waals surface area contributed by atoms with Gasteiger partial charge in [-0.2, -0.15) is 0 Å². The number of thioether (sulfide) groups is 1. The number of hydrogen-bond acceptors (Lipinski definition) is 6. The number of ether oxygens (including phenoxy) is 1. The molecule has 7 atom stereocenters. The molecular formula is C28H43BrN2O5S. The zero-order chi connectivity index (χ0) is 27.2. The molecular weight excluding hydrogens is 556 g/mol. The van der Waals surface area contributed by atoms with E-state index in [2.05, 4.69) is 42.9 Å². The highest BCUT2D eigenvalue weighted by molar-refractivity contribution is 9.09. The lowest BCUT2D eigenvalue weighted by molar-refractivity contribution is -0.154. The Hall–Kier alpha value is -1.32. The summed E-state index contributed by atoms with van der Waals surface area (Å²) in [4.78, 5) is 45.4. The Morgan fingerprint density at radius 1 is 1.30 bits per heavy atom. The molecule has 3 saturated heterocycles. The largest absolute Gasteiger partial charge is 0.465 e. The fourth-order valence-electron chi connectivity index (χ4n) is 6.36. The summed E-state index contributed by atoms with van der Waals surface area (Å²) in [6.45, 7) is 13.0. The minimum absolute atomic E-state index is 0.0236. The predicted molar refractivity (Wildman–Crippen MR) is 152 cm³/mol. The van der Waals surface area contributed by atoms with E-state index in [1.54, 1.807) is 28.8 Å². The van der Waals surface area contributed by atoms with Gasteiger partial charge in [0.2, 0.25) is 11.8 Å². The van der Waals surface area contributed by atoms with E-state index in [1.165, 1.54) is 0 Å². The molecule has 0 aromatic heterocycles. The molecule has 0 aromatic carbocycles. The number of carbonyl (C=O) groups is 3. The molecule has 0 aliphatic carbocycles. The van der Waals surface area contributed by atoms with Crippen LogP contribution in [-0.4, -0.2) is 85.9 Å². The maximum Gasteiger partial charge on any atom is 0.310 e. The second-order valence-electron chi connectivity index (χ2n) is 10.5. The molecule has 0 radical (unpaired) electrons. The Bertz CT molecular complexity index is 856. The van der Waals surface area contributed by atoms with E-state index in [-0.39, 0.29) is 47.1 Å². The van der Waals surface area contributed by atoms with Crippen LogP contribution in [-0.2, 0) is 19.1 Å². The van der Waals surface area contributed by atoms with Crippen LogP contribution >= 0.6 is 27.7 Å². The van der Waals surface area contributed by atoms with Crippen molar-refractivity contribution in [3.8, 4) is 0 Å². The first-order valence-electron chi connectivity index (χ1n) is 13.7. The molecule has 3 fully saturated rings. The molecule has 7 nitrogen and oxygen atoms in total. The lowest BCUT2D eigenvalue weighted by Crippen LogP contribution is -2.57. The molecule has 1 N–H and O–H groups in total. The van der Waals surface area contributed by atoms with E-state index in [4.69, 9.17) is 9.84 Å². The Morgan fingerprint density at radius 2 is 2.03 bits per heavy atom. The van der Waals surface area contributed by atoms with Crippen molar-refractivity contribution in [3.63, 3.8) is 0 Å². The van der Waals surface area contributed by atoms with Crippen LogP contribution in [0.25, 0.3) is 0 Å². The van der Waals surface area contributed by atoms with Crippen LogP contribution in [0.3, 0.4) is 0 Å². The molecule has 0 saturated carbocycles. The van der Waals surface area contributed by atoms with Gasteiger partial charge in [0.15, 0.2) is 0 Å². The van der Waals surface area contributed by atoms with E-state index in [0.29, 0.717) is 25.9 Å². The zero-order valence-electron chi connectivity index (χ0n) is 22.3. The lowest BCUT2D eigenvalue weighted by Gasteiger charge is -2.39. The number of aliphatic hydroxyl groups is 1. The molecule has 3 aliphatic rings. The first-order valence-corrected chi connectivity index (χ1v) is 15.5. The summed E-state index contributed by atoms with van der Waals surface area (Å²) < 4.78 is 4.92. The molecule has 37 heavy (non-hydrogen) atoms. The van der Waals surface area contributed by atoms with Crippen LogP contribution in [0.4, 0.5) is 0 Å². The Balaban J connectivity index is 1.96. The highest BCUT2D eigenvalue weighted by atomic mass is 79.9. The summed E-state index contributed by atoms with van der Waals surface area (Å²) in [5.74, 6) is -1.62. The molecule has 3 rings (SSSR count). The van der Waals surface area contributed by atoms with Crippen molar-refractivity contribution in [1.29, 1.82) is 0 Å². The number of alkyl halides is 1. The SMILES string of the molecule is C=CCCOC(=O)[C@H]1[C@H]2C(=O)N(CCCCCCO)C(C(=O)N(CC=C)C(C)CCC)C23CC(Br)[C@@H]1S3. The Labute approximate surface area is 234 Å². The molecule has 2 amide bonds. The van der Waals surface area contributed by atoms with Crippen molar-refractivity contribution in [2.75, 3.05) is 26.3 Å². The van der Waals surface area contributed by atoms with Crippen LogP contribution in [0.5, 0.6) is 0 Å². The molecule has 4 unspecified atom stereocenters. The fraction of sp³-hybridized carbons (Fsp3) is 0.750. The van der Waals surface area contributed by atoms with Crippen molar-refractivity contribution in [2.24, 2.45) is 11.8 Å². The lowest BCUT2D eigenvalue weighted by atomic mass is 9.71. The number of halogens is 1. The minimum atomic E-state index is -0.661. The second-order valence-corrected chi connectivity index (χ2v) is 13.2. The van der Waals surface area contributed by atoms with Crippen molar-refractivity contribution in [1.82, 2.24) is 9.80 Å². The van der Waals surface area contributed by atoms with Crippen molar-refractivity contribution >= 4 is 45.5 Å². The van der Waals surface area contributed by atoms with Gasteiger partial charge in [0, 0.05) is 35.8 Å². The van der Waals surface area contributed by atoms with Crippen LogP contribution in [0.1, 0.15) is 65.2 Å². The van der Waals surface area contributed by atoms with Gasteiger partial charge in [0.25, 0.3) is 0 Å². The molecule has 3 aliphatic heterocycles. The van der Waals surface area contributed by atoms with Crippen LogP contribution in [0, 0.1) is 11.8 Å².